The van der Waals surface area contributed by atoms with Crippen LogP contribution < -0.4 is 10.6 Å². The minimum atomic E-state index is 0.221. The number of nitrogens with zero attached hydrogens (tertiary/aromatic N) is 2. The number of aromatic nitrogens is 1. The van der Waals surface area contributed by atoms with Crippen LogP contribution in [0.2, 0.25) is 0 Å². The van der Waals surface area contributed by atoms with Gasteiger partial charge in [-0.1, -0.05) is 0 Å². The molecule has 0 radical (unpaired) electrons. The molecule has 1 fully saturated rings. The van der Waals surface area contributed by atoms with Crippen molar-refractivity contribution >= 4 is 22.1 Å². The Morgan fingerprint density at radius 3 is 2.78 bits per heavy atom. The first kappa shape index (κ1) is 11.3. The van der Waals surface area contributed by atoms with E-state index in [-0.39, 0.29) is 5.54 Å². The summed E-state index contributed by atoms with van der Waals surface area (Å²) in [6.07, 6.45) is 6.21. The normalized spacial score (nSPS) is 18.4. The van der Waals surface area contributed by atoms with Gasteiger partial charge in [-0.2, -0.15) is 0 Å². The Kier molecular flexibility index (Phi) is 2.44. The smallest absolute Gasteiger partial charge is 0.0467 e. The Bertz CT molecular complexity index is 589. The molecule has 94 valence electrons. The van der Waals surface area contributed by atoms with Gasteiger partial charge < -0.3 is 10.6 Å². The van der Waals surface area contributed by atoms with Crippen LogP contribution in [0.4, 0.5) is 11.4 Å². The van der Waals surface area contributed by atoms with Crippen LogP contribution in [0.25, 0.3) is 10.8 Å². The predicted octanol–water partition coefficient (Wildman–Crippen LogP) is 3.20. The molecule has 1 aromatic carbocycles. The maximum Gasteiger partial charge on any atom is 0.0467 e. The molecule has 0 aliphatic carbocycles. The van der Waals surface area contributed by atoms with Gasteiger partial charge in [0, 0.05) is 46.6 Å². The molecule has 0 unspecified atom stereocenters. The third-order valence-electron chi connectivity index (χ3n) is 4.02. The van der Waals surface area contributed by atoms with Crippen LogP contribution in [-0.4, -0.2) is 17.1 Å². The molecule has 2 N–H and O–H groups in total. The standard InChI is InChI=1S/C15H19N3/c1-15(2)7-3-9-18(15)14-5-4-13(16)11-6-8-17-10-12(11)14/h4-6,8,10H,3,7,9,16H2,1-2H3. The molecule has 0 saturated carbocycles. The molecule has 0 bridgehead atoms. The van der Waals surface area contributed by atoms with E-state index < -0.39 is 0 Å². The van der Waals surface area contributed by atoms with E-state index >= 15 is 0 Å². The van der Waals surface area contributed by atoms with Crippen molar-refractivity contribution < 1.29 is 0 Å². The maximum absolute atomic E-state index is 6.05. The molecule has 3 nitrogen and oxygen atoms in total. The summed E-state index contributed by atoms with van der Waals surface area (Å²) in [5, 5.41) is 2.26. The number of benzene rings is 1. The number of rotatable bonds is 1. The van der Waals surface area contributed by atoms with Gasteiger partial charge in [-0.3, -0.25) is 4.98 Å². The molecule has 3 heteroatoms. The first-order valence-corrected chi connectivity index (χ1v) is 6.49. The van der Waals surface area contributed by atoms with E-state index in [9.17, 15) is 0 Å². The Morgan fingerprint density at radius 1 is 1.22 bits per heavy atom. The van der Waals surface area contributed by atoms with Crippen LogP contribution >= 0.6 is 0 Å². The second-order valence-corrected chi connectivity index (χ2v) is 5.66. The van der Waals surface area contributed by atoms with E-state index in [4.69, 9.17) is 5.73 Å². The molecular formula is C15H19N3. The van der Waals surface area contributed by atoms with E-state index in [1.165, 1.54) is 18.5 Å². The highest BCUT2D eigenvalue weighted by Gasteiger charge is 2.32. The van der Waals surface area contributed by atoms with E-state index in [0.717, 1.165) is 23.0 Å². The molecule has 0 spiro atoms. The lowest BCUT2D eigenvalue weighted by atomic mass is 10.00. The minimum absolute atomic E-state index is 0.221. The minimum Gasteiger partial charge on any atom is -0.398 e. The lowest BCUT2D eigenvalue weighted by Crippen LogP contribution is -2.38. The lowest BCUT2D eigenvalue weighted by molar-refractivity contribution is 0.519. The fourth-order valence-electron chi connectivity index (χ4n) is 2.99. The molecule has 1 aliphatic rings. The number of fused-ring (bicyclic) bond motifs is 1. The van der Waals surface area contributed by atoms with Crippen LogP contribution in [0.5, 0.6) is 0 Å². The summed E-state index contributed by atoms with van der Waals surface area (Å²) >= 11 is 0. The van der Waals surface area contributed by atoms with Crippen molar-refractivity contribution in [2.75, 3.05) is 17.2 Å². The third kappa shape index (κ3) is 1.62. The fourth-order valence-corrected chi connectivity index (χ4v) is 2.99. The van der Waals surface area contributed by atoms with Crippen LogP contribution in [0.15, 0.2) is 30.6 Å². The zero-order valence-electron chi connectivity index (χ0n) is 11.0. The van der Waals surface area contributed by atoms with Gasteiger partial charge in [-0.15, -0.1) is 0 Å². The van der Waals surface area contributed by atoms with Gasteiger partial charge >= 0.3 is 0 Å². The average Bonchev–Trinajstić information content (AvgIpc) is 2.70. The summed E-state index contributed by atoms with van der Waals surface area (Å²) in [6, 6.07) is 6.13. The van der Waals surface area contributed by atoms with Crippen LogP contribution in [0.3, 0.4) is 0 Å². The molecule has 2 heterocycles. The van der Waals surface area contributed by atoms with E-state index in [1.54, 1.807) is 6.20 Å². The highest BCUT2D eigenvalue weighted by atomic mass is 15.2. The zero-order chi connectivity index (χ0) is 12.8. The summed E-state index contributed by atoms with van der Waals surface area (Å²) in [7, 11) is 0. The van der Waals surface area contributed by atoms with Crippen LogP contribution in [0.1, 0.15) is 26.7 Å². The average molecular weight is 241 g/mol. The second kappa shape index (κ2) is 3.87. The zero-order valence-corrected chi connectivity index (χ0v) is 11.0. The van der Waals surface area contributed by atoms with E-state index in [2.05, 4.69) is 29.8 Å². The van der Waals surface area contributed by atoms with Gasteiger partial charge in [0.05, 0.1) is 0 Å². The summed E-state index contributed by atoms with van der Waals surface area (Å²) in [5.74, 6) is 0. The highest BCUT2D eigenvalue weighted by Crippen LogP contribution is 2.38. The van der Waals surface area contributed by atoms with Crippen molar-refractivity contribution in [3.8, 4) is 0 Å². The van der Waals surface area contributed by atoms with Crippen LogP contribution in [-0.2, 0) is 0 Å². The molecule has 18 heavy (non-hydrogen) atoms. The first-order chi connectivity index (χ1) is 8.59. The molecule has 1 aliphatic heterocycles. The number of nitrogen functional groups attached to an aromatic ring is 1. The number of pyridine rings is 1. The molecule has 0 amide bonds. The van der Waals surface area contributed by atoms with Crippen molar-refractivity contribution in [2.24, 2.45) is 0 Å². The highest BCUT2D eigenvalue weighted by molar-refractivity contribution is 6.01. The number of anilines is 2. The van der Waals surface area contributed by atoms with Crippen molar-refractivity contribution in [2.45, 2.75) is 32.2 Å². The van der Waals surface area contributed by atoms with Gasteiger partial charge in [-0.05, 0) is 44.9 Å². The SMILES string of the molecule is CC1(C)CCCN1c1ccc(N)c2ccncc12. The summed E-state index contributed by atoms with van der Waals surface area (Å²) in [6.45, 7) is 5.72. The van der Waals surface area contributed by atoms with Crippen LogP contribution in [0, 0.1) is 0 Å². The maximum atomic E-state index is 6.05. The van der Waals surface area contributed by atoms with Gasteiger partial charge in [0.25, 0.3) is 0 Å². The molecule has 3 rings (SSSR count). The largest absolute Gasteiger partial charge is 0.398 e. The topological polar surface area (TPSA) is 42.1 Å². The van der Waals surface area contributed by atoms with Gasteiger partial charge in [-0.25, -0.2) is 0 Å². The van der Waals surface area contributed by atoms with E-state index in [1.807, 2.05) is 18.3 Å². The predicted molar refractivity (Wildman–Crippen MR) is 76.8 cm³/mol. The molecule has 2 aromatic rings. The Balaban J connectivity index is 2.21. The Morgan fingerprint density at radius 2 is 2.06 bits per heavy atom. The summed E-state index contributed by atoms with van der Waals surface area (Å²) in [5.41, 5.74) is 8.35. The fraction of sp³-hybridized carbons (Fsp3) is 0.400. The molecule has 1 aromatic heterocycles. The number of hydrogen-bond acceptors (Lipinski definition) is 3. The first-order valence-electron chi connectivity index (χ1n) is 6.49. The second-order valence-electron chi connectivity index (χ2n) is 5.66. The van der Waals surface area contributed by atoms with Gasteiger partial charge in [0.15, 0.2) is 0 Å². The van der Waals surface area contributed by atoms with Crippen molar-refractivity contribution in [3.63, 3.8) is 0 Å². The monoisotopic (exact) mass is 241 g/mol. The lowest BCUT2D eigenvalue weighted by Gasteiger charge is -2.34. The third-order valence-corrected chi connectivity index (χ3v) is 4.02. The van der Waals surface area contributed by atoms with Crippen molar-refractivity contribution in [3.05, 3.63) is 30.6 Å². The summed E-state index contributed by atoms with van der Waals surface area (Å²) < 4.78 is 0. The summed E-state index contributed by atoms with van der Waals surface area (Å²) in [4.78, 5) is 6.73. The quantitative estimate of drug-likeness (QED) is 0.780. The van der Waals surface area contributed by atoms with Gasteiger partial charge in [0.2, 0.25) is 0 Å². The number of hydrogen-bond donors (Lipinski definition) is 1. The molecule has 0 atom stereocenters. The van der Waals surface area contributed by atoms with Gasteiger partial charge in [0.1, 0.15) is 0 Å². The van der Waals surface area contributed by atoms with Crippen molar-refractivity contribution in [1.29, 1.82) is 0 Å². The van der Waals surface area contributed by atoms with E-state index in [0.29, 0.717) is 0 Å². The molecular weight excluding hydrogens is 222 g/mol. The number of nitrogens with two attached hydrogens (primary N) is 1. The Hall–Kier alpha value is -1.77. The van der Waals surface area contributed by atoms with Crippen molar-refractivity contribution in [1.82, 2.24) is 4.98 Å². The Labute approximate surface area is 108 Å². The molecule has 1 saturated heterocycles.